The van der Waals surface area contributed by atoms with Crippen LogP contribution in [-0.2, 0) is 14.2 Å². The standard InChI is InChI=1S/C19H24ClFO5/c1-18(2,3)26-17(22)13-10-14(20)16(11-15(13)21)25-12-4-6-19(7-5-12)23-8-9-24-19/h10-12H,4-9H2,1-3H3. The molecule has 0 aromatic heterocycles. The molecule has 1 aromatic carbocycles. The molecule has 1 saturated heterocycles. The van der Waals surface area contributed by atoms with E-state index in [0.717, 1.165) is 31.7 Å². The van der Waals surface area contributed by atoms with Gasteiger partial charge in [-0.15, -0.1) is 0 Å². The number of esters is 1. The zero-order valence-corrected chi connectivity index (χ0v) is 16.0. The van der Waals surface area contributed by atoms with Crippen LogP contribution in [0.25, 0.3) is 0 Å². The summed E-state index contributed by atoms with van der Waals surface area (Å²) in [5.41, 5.74) is -0.916. The van der Waals surface area contributed by atoms with E-state index in [-0.39, 0.29) is 22.4 Å². The van der Waals surface area contributed by atoms with Gasteiger partial charge in [-0.2, -0.15) is 0 Å². The first-order valence-electron chi connectivity index (χ1n) is 8.84. The predicted octanol–water partition coefficient (Wildman–Crippen LogP) is 4.50. The fourth-order valence-corrected chi connectivity index (χ4v) is 3.43. The van der Waals surface area contributed by atoms with Crippen LogP contribution in [0.2, 0.25) is 5.02 Å². The van der Waals surface area contributed by atoms with Crippen LogP contribution < -0.4 is 4.74 Å². The lowest BCUT2D eigenvalue weighted by molar-refractivity contribution is -0.186. The van der Waals surface area contributed by atoms with Gasteiger partial charge in [-0.25, -0.2) is 9.18 Å². The van der Waals surface area contributed by atoms with Crippen LogP contribution in [0.15, 0.2) is 12.1 Å². The fourth-order valence-electron chi connectivity index (χ4n) is 3.22. The molecule has 2 fully saturated rings. The normalized spacial score (nSPS) is 20.3. The van der Waals surface area contributed by atoms with Crippen molar-refractivity contribution in [3.63, 3.8) is 0 Å². The minimum absolute atomic E-state index is 0.0994. The van der Waals surface area contributed by atoms with Gasteiger partial charge in [0.05, 0.1) is 29.9 Å². The number of hydrogen-bond acceptors (Lipinski definition) is 5. The van der Waals surface area contributed by atoms with Gasteiger partial charge in [0.2, 0.25) is 0 Å². The first-order valence-corrected chi connectivity index (χ1v) is 9.22. The molecule has 2 aliphatic rings. The van der Waals surface area contributed by atoms with Crippen molar-refractivity contribution >= 4 is 17.6 Å². The molecule has 0 bridgehead atoms. The molecule has 0 radical (unpaired) electrons. The molecule has 144 valence electrons. The van der Waals surface area contributed by atoms with E-state index >= 15 is 0 Å². The Hall–Kier alpha value is -1.37. The SMILES string of the molecule is CC(C)(C)OC(=O)c1cc(Cl)c(OC2CCC3(CC2)OCCO3)cc1F. The van der Waals surface area contributed by atoms with Crippen molar-refractivity contribution in [3.05, 3.63) is 28.5 Å². The van der Waals surface area contributed by atoms with E-state index in [2.05, 4.69) is 0 Å². The number of hydrogen-bond donors (Lipinski definition) is 0. The van der Waals surface area contributed by atoms with Crippen molar-refractivity contribution in [1.82, 2.24) is 0 Å². The Morgan fingerprint density at radius 2 is 1.85 bits per heavy atom. The quantitative estimate of drug-likeness (QED) is 0.716. The number of ether oxygens (including phenoxy) is 4. The fraction of sp³-hybridized carbons (Fsp3) is 0.632. The lowest BCUT2D eigenvalue weighted by Crippen LogP contribution is -2.38. The summed E-state index contributed by atoms with van der Waals surface area (Å²) < 4.78 is 36.8. The summed E-state index contributed by atoms with van der Waals surface area (Å²) in [6.07, 6.45) is 2.82. The van der Waals surface area contributed by atoms with Gasteiger partial charge in [0.25, 0.3) is 0 Å². The van der Waals surface area contributed by atoms with Crippen LogP contribution in [0, 0.1) is 5.82 Å². The molecular weight excluding hydrogens is 363 g/mol. The topological polar surface area (TPSA) is 54.0 Å². The van der Waals surface area contributed by atoms with Crippen LogP contribution >= 0.6 is 11.6 Å². The van der Waals surface area contributed by atoms with Crippen molar-refractivity contribution in [3.8, 4) is 5.75 Å². The summed E-state index contributed by atoms with van der Waals surface area (Å²) in [6, 6.07) is 2.41. The second kappa shape index (κ2) is 7.33. The minimum atomic E-state index is -0.751. The van der Waals surface area contributed by atoms with E-state index in [1.165, 1.54) is 6.07 Å². The summed E-state index contributed by atoms with van der Waals surface area (Å²) >= 11 is 6.21. The Morgan fingerprint density at radius 3 is 2.42 bits per heavy atom. The minimum Gasteiger partial charge on any atom is -0.489 e. The highest BCUT2D eigenvalue weighted by Crippen LogP contribution is 2.38. The van der Waals surface area contributed by atoms with Crippen molar-refractivity contribution < 1.29 is 28.1 Å². The lowest BCUT2D eigenvalue weighted by Gasteiger charge is -2.35. The highest BCUT2D eigenvalue weighted by Gasteiger charge is 2.41. The molecule has 0 N–H and O–H groups in total. The highest BCUT2D eigenvalue weighted by atomic mass is 35.5. The average molecular weight is 387 g/mol. The van der Waals surface area contributed by atoms with Gasteiger partial charge in [-0.3, -0.25) is 0 Å². The van der Waals surface area contributed by atoms with Crippen LogP contribution in [0.1, 0.15) is 56.8 Å². The first kappa shape index (κ1) is 19.4. The molecule has 1 saturated carbocycles. The largest absolute Gasteiger partial charge is 0.489 e. The van der Waals surface area contributed by atoms with Gasteiger partial charge in [0.15, 0.2) is 5.79 Å². The maximum Gasteiger partial charge on any atom is 0.341 e. The zero-order valence-electron chi connectivity index (χ0n) is 15.3. The first-order chi connectivity index (χ1) is 12.2. The lowest BCUT2D eigenvalue weighted by atomic mass is 9.92. The Kier molecular flexibility index (Phi) is 5.47. The van der Waals surface area contributed by atoms with Crippen LogP contribution in [0.3, 0.4) is 0 Å². The summed E-state index contributed by atoms with van der Waals surface area (Å²) in [5, 5.41) is 0.181. The second-order valence-electron chi connectivity index (χ2n) is 7.69. The predicted molar refractivity (Wildman–Crippen MR) is 94.1 cm³/mol. The molecular formula is C19H24ClFO5. The monoisotopic (exact) mass is 386 g/mol. The Bertz CT molecular complexity index is 669. The number of carbonyl (C=O) groups is 1. The maximum atomic E-state index is 14.4. The Labute approximate surface area is 157 Å². The second-order valence-corrected chi connectivity index (χ2v) is 8.10. The molecule has 3 rings (SSSR count). The molecule has 7 heteroatoms. The number of benzene rings is 1. The molecule has 26 heavy (non-hydrogen) atoms. The number of carbonyl (C=O) groups excluding carboxylic acids is 1. The molecule has 5 nitrogen and oxygen atoms in total. The van der Waals surface area contributed by atoms with Gasteiger partial charge < -0.3 is 18.9 Å². The van der Waals surface area contributed by atoms with Gasteiger partial charge >= 0.3 is 5.97 Å². The van der Waals surface area contributed by atoms with Crippen molar-refractivity contribution in [2.75, 3.05) is 13.2 Å². The molecule has 1 aromatic rings. The Morgan fingerprint density at radius 1 is 1.23 bits per heavy atom. The van der Waals surface area contributed by atoms with Gasteiger partial charge in [-0.1, -0.05) is 11.6 Å². The average Bonchev–Trinajstić information content (AvgIpc) is 2.99. The molecule has 0 unspecified atom stereocenters. The van der Waals surface area contributed by atoms with E-state index in [1.807, 2.05) is 0 Å². The molecule has 0 amide bonds. The van der Waals surface area contributed by atoms with E-state index in [0.29, 0.717) is 13.2 Å². The van der Waals surface area contributed by atoms with E-state index in [4.69, 9.17) is 30.5 Å². The van der Waals surface area contributed by atoms with E-state index in [9.17, 15) is 9.18 Å². The van der Waals surface area contributed by atoms with Crippen molar-refractivity contribution in [1.29, 1.82) is 0 Å². The van der Waals surface area contributed by atoms with Gasteiger partial charge in [0.1, 0.15) is 17.2 Å². The highest BCUT2D eigenvalue weighted by molar-refractivity contribution is 6.32. The van der Waals surface area contributed by atoms with Gasteiger partial charge in [0, 0.05) is 18.9 Å². The number of rotatable bonds is 3. The van der Waals surface area contributed by atoms with Crippen LogP contribution in [-0.4, -0.2) is 36.7 Å². The summed E-state index contributed by atoms with van der Waals surface area (Å²) in [5.74, 6) is -1.71. The van der Waals surface area contributed by atoms with Crippen LogP contribution in [0.4, 0.5) is 4.39 Å². The molecule has 1 heterocycles. The Balaban J connectivity index is 1.66. The third kappa shape index (κ3) is 4.48. The third-order valence-corrected chi connectivity index (χ3v) is 4.74. The maximum absolute atomic E-state index is 14.4. The van der Waals surface area contributed by atoms with E-state index in [1.54, 1.807) is 20.8 Å². The number of halogens is 2. The van der Waals surface area contributed by atoms with Gasteiger partial charge in [-0.05, 0) is 39.7 Å². The molecule has 1 aliphatic heterocycles. The molecule has 1 spiro atoms. The summed E-state index contributed by atoms with van der Waals surface area (Å²) in [7, 11) is 0. The molecule has 1 aliphatic carbocycles. The molecule has 0 atom stereocenters. The zero-order chi connectivity index (χ0) is 18.9. The third-order valence-electron chi connectivity index (χ3n) is 4.44. The van der Waals surface area contributed by atoms with E-state index < -0.39 is 23.2 Å². The summed E-state index contributed by atoms with van der Waals surface area (Å²) in [4.78, 5) is 12.1. The summed E-state index contributed by atoms with van der Waals surface area (Å²) in [6.45, 7) is 6.39. The smallest absolute Gasteiger partial charge is 0.341 e. The van der Waals surface area contributed by atoms with Crippen molar-refractivity contribution in [2.24, 2.45) is 0 Å². The van der Waals surface area contributed by atoms with Crippen molar-refractivity contribution in [2.45, 2.75) is 63.9 Å². The van der Waals surface area contributed by atoms with Crippen LogP contribution in [0.5, 0.6) is 5.75 Å².